The maximum absolute atomic E-state index is 5.20. The normalized spacial score (nSPS) is 15.1. The second kappa shape index (κ2) is 9.84. The molecule has 6 aromatic carbocycles. The van der Waals surface area contributed by atoms with Crippen LogP contribution in [0, 0.1) is 0 Å². The van der Waals surface area contributed by atoms with E-state index in [1.54, 1.807) is 0 Å². The summed E-state index contributed by atoms with van der Waals surface area (Å²) in [5.41, 5.74) is 5.56. The van der Waals surface area contributed by atoms with E-state index in [4.69, 9.17) is 9.98 Å². The van der Waals surface area contributed by atoms with Crippen LogP contribution < -0.4 is 5.32 Å². The third-order valence-electron chi connectivity index (χ3n) is 7.76. The van der Waals surface area contributed by atoms with E-state index in [0.29, 0.717) is 0 Å². The van der Waals surface area contributed by atoms with Gasteiger partial charge in [0, 0.05) is 31.3 Å². The topological polar surface area (TPSA) is 36.8 Å². The van der Waals surface area contributed by atoms with Crippen LogP contribution in [0.1, 0.15) is 22.9 Å². The van der Waals surface area contributed by atoms with Crippen LogP contribution in [0.5, 0.6) is 0 Å². The van der Waals surface area contributed by atoms with E-state index < -0.39 is 0 Å². The van der Waals surface area contributed by atoms with Crippen molar-refractivity contribution in [3.63, 3.8) is 0 Å². The Bertz CT molecular complexity index is 2110. The van der Waals surface area contributed by atoms with Crippen molar-refractivity contribution in [1.82, 2.24) is 5.32 Å². The summed E-state index contributed by atoms with van der Waals surface area (Å²) in [5, 5.41) is 8.64. The van der Waals surface area contributed by atoms with Crippen LogP contribution in [-0.4, -0.2) is 11.7 Å². The molecule has 1 N–H and O–H groups in total. The molecule has 0 aliphatic carbocycles. The van der Waals surface area contributed by atoms with Crippen molar-refractivity contribution in [1.29, 1.82) is 0 Å². The zero-order valence-corrected chi connectivity index (χ0v) is 23.0. The molecule has 1 atom stereocenters. The Kier molecular flexibility index (Phi) is 5.71. The molecule has 4 heteroatoms. The Morgan fingerprint density at radius 2 is 1.12 bits per heavy atom. The summed E-state index contributed by atoms with van der Waals surface area (Å²) in [5.74, 6) is 1.66. The lowest BCUT2D eigenvalue weighted by atomic mass is 9.98. The third-order valence-corrected chi connectivity index (χ3v) is 8.89. The van der Waals surface area contributed by atoms with Crippen LogP contribution in [0.2, 0.25) is 0 Å². The minimum atomic E-state index is -0.354. The summed E-state index contributed by atoms with van der Waals surface area (Å²) in [6.45, 7) is 0. The maximum Gasteiger partial charge on any atom is 0.169 e. The second-order valence-corrected chi connectivity index (χ2v) is 11.3. The lowest BCUT2D eigenvalue weighted by Gasteiger charge is -2.23. The van der Waals surface area contributed by atoms with Gasteiger partial charge in [0.1, 0.15) is 11.7 Å². The van der Waals surface area contributed by atoms with E-state index >= 15 is 0 Å². The van der Waals surface area contributed by atoms with E-state index in [0.717, 1.165) is 28.4 Å². The second-order valence-electron chi connectivity index (χ2n) is 10.2. The lowest BCUT2D eigenvalue weighted by Crippen LogP contribution is -2.36. The zero-order valence-electron chi connectivity index (χ0n) is 22.2. The van der Waals surface area contributed by atoms with Gasteiger partial charge in [-0.25, -0.2) is 9.98 Å². The van der Waals surface area contributed by atoms with Crippen LogP contribution in [-0.2, 0) is 0 Å². The Balaban J connectivity index is 1.27. The Morgan fingerprint density at radius 1 is 0.463 bits per heavy atom. The van der Waals surface area contributed by atoms with Crippen molar-refractivity contribution in [2.75, 3.05) is 0 Å². The van der Waals surface area contributed by atoms with Crippen LogP contribution in [0.3, 0.4) is 0 Å². The molecule has 1 unspecified atom stereocenters. The van der Waals surface area contributed by atoms with E-state index in [2.05, 4.69) is 121 Å². The van der Waals surface area contributed by atoms with Crippen LogP contribution in [0.15, 0.2) is 150 Å². The Morgan fingerprint density at radius 3 is 1.93 bits per heavy atom. The fourth-order valence-electron chi connectivity index (χ4n) is 5.74. The first-order valence-corrected chi connectivity index (χ1v) is 14.6. The van der Waals surface area contributed by atoms with Gasteiger partial charge in [0.25, 0.3) is 0 Å². The summed E-state index contributed by atoms with van der Waals surface area (Å²) in [7, 11) is 0. The summed E-state index contributed by atoms with van der Waals surface area (Å²) in [6, 6.07) is 49.1. The predicted octanol–water partition coefficient (Wildman–Crippen LogP) is 9.37. The molecule has 0 fully saturated rings. The molecule has 0 saturated carbocycles. The SMILES string of the molecule is c1ccc(C2=NC(c3ccc(-c4ccccc4)cc3)N=C(c3cccc4c3ccc3sc5ccccc5c34)N2)cc1. The first-order chi connectivity index (χ1) is 20.3. The van der Waals surface area contributed by atoms with Gasteiger partial charge in [-0.2, -0.15) is 0 Å². The molecule has 41 heavy (non-hydrogen) atoms. The average Bonchev–Trinajstić information content (AvgIpc) is 3.44. The molecule has 0 radical (unpaired) electrons. The predicted molar refractivity (Wildman–Crippen MR) is 174 cm³/mol. The number of rotatable bonds is 4. The largest absolute Gasteiger partial charge is 0.324 e. The molecule has 1 aromatic heterocycles. The maximum atomic E-state index is 5.20. The Labute approximate surface area is 242 Å². The van der Waals surface area contributed by atoms with E-state index in [9.17, 15) is 0 Å². The van der Waals surface area contributed by atoms with Gasteiger partial charge in [-0.1, -0.05) is 127 Å². The van der Waals surface area contributed by atoms with Gasteiger partial charge in [0.05, 0.1) is 0 Å². The standard InChI is InChI=1S/C37H25N3S/c1-3-10-24(11-4-1)25-18-20-27(21-19-25)36-38-35(26-12-5-2-6-13-26)39-37(40-36)30-16-9-15-29-28(30)22-23-33-34(29)31-14-7-8-17-32(31)41-33/h1-23,36H,(H,38,39,40). The number of hydrogen-bond acceptors (Lipinski definition) is 4. The molecule has 0 amide bonds. The van der Waals surface area contributed by atoms with Crippen molar-refractivity contribution in [2.45, 2.75) is 6.17 Å². The van der Waals surface area contributed by atoms with Crippen molar-refractivity contribution in [2.24, 2.45) is 9.98 Å². The van der Waals surface area contributed by atoms with Crippen molar-refractivity contribution in [3.05, 3.63) is 156 Å². The molecule has 1 aliphatic rings. The molecule has 194 valence electrons. The highest BCUT2D eigenvalue weighted by molar-refractivity contribution is 7.26. The number of thiophene rings is 1. The van der Waals surface area contributed by atoms with Crippen LogP contribution >= 0.6 is 11.3 Å². The molecule has 3 nitrogen and oxygen atoms in total. The summed E-state index contributed by atoms with van der Waals surface area (Å²) < 4.78 is 2.61. The van der Waals surface area contributed by atoms with Gasteiger partial charge in [-0.15, -0.1) is 11.3 Å². The number of nitrogens with zero attached hydrogens (tertiary/aromatic N) is 2. The molecule has 2 heterocycles. The molecular formula is C37H25N3S. The molecule has 8 rings (SSSR count). The molecule has 0 bridgehead atoms. The quantitative estimate of drug-likeness (QED) is 0.236. The number of nitrogens with one attached hydrogen (secondary N) is 1. The third kappa shape index (κ3) is 4.21. The minimum Gasteiger partial charge on any atom is -0.324 e. The molecule has 0 saturated heterocycles. The summed E-state index contributed by atoms with van der Waals surface area (Å²) in [4.78, 5) is 10.3. The molecular weight excluding hydrogens is 518 g/mol. The minimum absolute atomic E-state index is 0.354. The van der Waals surface area contributed by atoms with Gasteiger partial charge in [-0.3, -0.25) is 0 Å². The number of benzene rings is 6. The van der Waals surface area contributed by atoms with Crippen LogP contribution in [0.25, 0.3) is 42.1 Å². The highest BCUT2D eigenvalue weighted by Crippen LogP contribution is 2.39. The highest BCUT2D eigenvalue weighted by atomic mass is 32.1. The van der Waals surface area contributed by atoms with E-state index in [1.165, 1.54) is 42.1 Å². The van der Waals surface area contributed by atoms with Gasteiger partial charge in [0.2, 0.25) is 0 Å². The van der Waals surface area contributed by atoms with Crippen LogP contribution in [0.4, 0.5) is 0 Å². The average molecular weight is 544 g/mol. The fourth-order valence-corrected chi connectivity index (χ4v) is 6.87. The zero-order chi connectivity index (χ0) is 27.2. The van der Waals surface area contributed by atoms with Crippen molar-refractivity contribution >= 4 is 54.0 Å². The number of aliphatic imine (C=N–C) groups is 2. The van der Waals surface area contributed by atoms with Gasteiger partial charge in [0.15, 0.2) is 6.17 Å². The molecule has 1 aliphatic heterocycles. The first kappa shape index (κ1) is 23.8. The van der Waals surface area contributed by atoms with Gasteiger partial charge in [-0.05, 0) is 39.6 Å². The summed E-state index contributed by atoms with van der Waals surface area (Å²) >= 11 is 1.85. The summed E-state index contributed by atoms with van der Waals surface area (Å²) in [6.07, 6.45) is -0.354. The van der Waals surface area contributed by atoms with Gasteiger partial charge < -0.3 is 5.32 Å². The van der Waals surface area contributed by atoms with Gasteiger partial charge >= 0.3 is 0 Å². The Hall–Kier alpha value is -5.06. The van der Waals surface area contributed by atoms with Crippen molar-refractivity contribution in [3.8, 4) is 11.1 Å². The first-order valence-electron chi connectivity index (χ1n) is 13.8. The highest BCUT2D eigenvalue weighted by Gasteiger charge is 2.22. The number of fused-ring (bicyclic) bond motifs is 5. The number of amidine groups is 2. The molecule has 0 spiro atoms. The molecule has 7 aromatic rings. The van der Waals surface area contributed by atoms with E-state index in [-0.39, 0.29) is 6.17 Å². The van der Waals surface area contributed by atoms with E-state index in [1.807, 2.05) is 35.6 Å². The monoisotopic (exact) mass is 543 g/mol. The smallest absolute Gasteiger partial charge is 0.169 e. The lowest BCUT2D eigenvalue weighted by molar-refractivity contribution is 0.756. The fraction of sp³-hybridized carbons (Fsp3) is 0.0270. The number of hydrogen-bond donors (Lipinski definition) is 1. The van der Waals surface area contributed by atoms with Crippen molar-refractivity contribution < 1.29 is 0 Å².